The van der Waals surface area contributed by atoms with Gasteiger partial charge in [0.25, 0.3) is 0 Å². The Kier molecular flexibility index (Phi) is 6.06. The quantitative estimate of drug-likeness (QED) is 0.624. The largest absolute Gasteiger partial charge is 0.395 e. The third kappa shape index (κ3) is 5.22. The first kappa shape index (κ1) is 14.0. The summed E-state index contributed by atoms with van der Waals surface area (Å²) in [5, 5.41) is 22.7. The molecular weight excluding hydrogens is 242 g/mol. The van der Waals surface area contributed by atoms with Gasteiger partial charge in [-0.2, -0.15) is 0 Å². The van der Waals surface area contributed by atoms with E-state index in [2.05, 4.69) is 10.3 Å². The molecule has 1 amide bonds. The molecule has 0 atom stereocenters. The van der Waals surface area contributed by atoms with E-state index in [-0.39, 0.29) is 25.7 Å². The molecule has 17 heavy (non-hydrogen) atoms. The van der Waals surface area contributed by atoms with Crippen LogP contribution in [-0.4, -0.2) is 58.9 Å². The number of hydrogen-bond donors (Lipinski definition) is 3. The molecule has 96 valence electrons. The van der Waals surface area contributed by atoms with Crippen LogP contribution in [0.4, 0.5) is 5.13 Å². The van der Waals surface area contributed by atoms with Crippen molar-refractivity contribution >= 4 is 22.4 Å². The molecule has 1 aromatic rings. The molecule has 3 N–H and O–H groups in total. The monoisotopic (exact) mass is 259 g/mol. The number of aliphatic hydroxyl groups is 2. The number of rotatable bonds is 7. The summed E-state index contributed by atoms with van der Waals surface area (Å²) < 4.78 is 0. The van der Waals surface area contributed by atoms with E-state index in [0.29, 0.717) is 18.2 Å². The summed E-state index contributed by atoms with van der Waals surface area (Å²) in [5.41, 5.74) is 0.868. The van der Waals surface area contributed by atoms with E-state index in [1.54, 1.807) is 4.90 Å². The van der Waals surface area contributed by atoms with E-state index in [4.69, 9.17) is 10.2 Å². The van der Waals surface area contributed by atoms with E-state index in [9.17, 15) is 4.79 Å². The lowest BCUT2D eigenvalue weighted by Crippen LogP contribution is -2.37. The molecule has 0 aromatic carbocycles. The summed E-state index contributed by atoms with van der Waals surface area (Å²) in [6.45, 7) is 2.65. The van der Waals surface area contributed by atoms with Gasteiger partial charge in [-0.15, -0.1) is 11.3 Å². The number of anilines is 1. The topological polar surface area (TPSA) is 85.7 Å². The van der Waals surface area contributed by atoms with Crippen molar-refractivity contribution in [1.82, 2.24) is 9.88 Å². The summed E-state index contributed by atoms with van der Waals surface area (Å²) in [7, 11) is 0. The first-order valence-electron chi connectivity index (χ1n) is 5.31. The summed E-state index contributed by atoms with van der Waals surface area (Å²) in [6, 6.07) is 0. The summed E-state index contributed by atoms with van der Waals surface area (Å²) in [6.07, 6.45) is 0. The van der Waals surface area contributed by atoms with E-state index >= 15 is 0 Å². The van der Waals surface area contributed by atoms with Crippen LogP contribution in [0, 0.1) is 6.92 Å². The molecule has 6 nitrogen and oxygen atoms in total. The number of aliphatic hydroxyl groups excluding tert-OH is 2. The van der Waals surface area contributed by atoms with Crippen molar-refractivity contribution in [3.05, 3.63) is 11.1 Å². The first-order chi connectivity index (χ1) is 8.15. The van der Waals surface area contributed by atoms with Gasteiger partial charge in [0.15, 0.2) is 5.13 Å². The number of hydrogen-bond acceptors (Lipinski definition) is 6. The SMILES string of the molecule is Cc1csc(NC(=O)CN(CCO)CCO)n1. The number of nitrogens with zero attached hydrogens (tertiary/aromatic N) is 2. The fourth-order valence-electron chi connectivity index (χ4n) is 1.33. The molecule has 0 aliphatic heterocycles. The molecule has 0 unspecified atom stereocenters. The molecular formula is C10H17N3O3S. The van der Waals surface area contributed by atoms with Gasteiger partial charge in [-0.05, 0) is 6.92 Å². The number of carbonyl (C=O) groups is 1. The lowest BCUT2D eigenvalue weighted by molar-refractivity contribution is -0.117. The average molecular weight is 259 g/mol. The minimum atomic E-state index is -0.193. The van der Waals surface area contributed by atoms with Crippen molar-refractivity contribution in [3.63, 3.8) is 0 Å². The zero-order valence-corrected chi connectivity index (χ0v) is 10.5. The fourth-order valence-corrected chi connectivity index (χ4v) is 2.03. The van der Waals surface area contributed by atoms with Crippen molar-refractivity contribution in [2.24, 2.45) is 0 Å². The minimum absolute atomic E-state index is 0.0381. The standard InChI is InChI=1S/C10H17N3O3S/c1-8-7-17-10(11-8)12-9(16)6-13(2-4-14)3-5-15/h7,14-15H,2-6H2,1H3,(H,11,12,16). The Morgan fingerprint density at radius 3 is 2.59 bits per heavy atom. The van der Waals surface area contributed by atoms with Crippen molar-refractivity contribution in [2.45, 2.75) is 6.92 Å². The van der Waals surface area contributed by atoms with Crippen LogP contribution in [0.5, 0.6) is 0 Å². The maximum absolute atomic E-state index is 11.6. The molecule has 0 saturated carbocycles. The summed E-state index contributed by atoms with van der Waals surface area (Å²) in [5.74, 6) is -0.193. The Labute approximate surface area is 104 Å². The van der Waals surface area contributed by atoms with E-state index in [0.717, 1.165) is 5.69 Å². The highest BCUT2D eigenvalue weighted by Crippen LogP contribution is 2.13. The van der Waals surface area contributed by atoms with E-state index < -0.39 is 0 Å². The van der Waals surface area contributed by atoms with Crippen LogP contribution in [0.1, 0.15) is 5.69 Å². The lowest BCUT2D eigenvalue weighted by atomic mass is 10.4. The smallest absolute Gasteiger partial charge is 0.240 e. The fraction of sp³-hybridized carbons (Fsp3) is 0.600. The van der Waals surface area contributed by atoms with Crippen LogP contribution in [0.25, 0.3) is 0 Å². The van der Waals surface area contributed by atoms with Gasteiger partial charge >= 0.3 is 0 Å². The second kappa shape index (κ2) is 7.33. The highest BCUT2D eigenvalue weighted by molar-refractivity contribution is 7.13. The Bertz CT molecular complexity index is 350. The van der Waals surface area contributed by atoms with Crippen LogP contribution in [0.15, 0.2) is 5.38 Å². The van der Waals surface area contributed by atoms with E-state index in [1.165, 1.54) is 11.3 Å². The molecule has 0 aliphatic carbocycles. The Morgan fingerprint density at radius 1 is 1.47 bits per heavy atom. The third-order valence-electron chi connectivity index (χ3n) is 2.07. The van der Waals surface area contributed by atoms with Gasteiger partial charge in [0.05, 0.1) is 25.5 Å². The molecule has 1 aromatic heterocycles. The Morgan fingerprint density at radius 2 is 2.12 bits per heavy atom. The Hall–Kier alpha value is -1.02. The number of nitrogens with one attached hydrogen (secondary N) is 1. The van der Waals surface area contributed by atoms with Crippen LogP contribution in [0.2, 0.25) is 0 Å². The summed E-state index contributed by atoms with van der Waals surface area (Å²) >= 11 is 1.37. The maximum atomic E-state index is 11.6. The second-order valence-electron chi connectivity index (χ2n) is 3.57. The number of thiazole rings is 1. The highest BCUT2D eigenvalue weighted by Gasteiger charge is 2.11. The van der Waals surface area contributed by atoms with Gasteiger partial charge in [0.2, 0.25) is 5.91 Å². The molecule has 0 radical (unpaired) electrons. The predicted octanol–water partition coefficient (Wildman–Crippen LogP) is -0.323. The number of carbonyl (C=O) groups excluding carboxylic acids is 1. The predicted molar refractivity (Wildman–Crippen MR) is 66.1 cm³/mol. The van der Waals surface area contributed by atoms with Gasteiger partial charge in [0, 0.05) is 18.5 Å². The zero-order valence-electron chi connectivity index (χ0n) is 9.72. The number of amides is 1. The Balaban J connectivity index is 2.41. The first-order valence-corrected chi connectivity index (χ1v) is 6.19. The number of aromatic nitrogens is 1. The summed E-state index contributed by atoms with van der Waals surface area (Å²) in [4.78, 5) is 17.4. The molecule has 0 aliphatic rings. The van der Waals surface area contributed by atoms with Gasteiger partial charge in [-0.25, -0.2) is 4.98 Å². The molecule has 0 fully saturated rings. The minimum Gasteiger partial charge on any atom is -0.395 e. The van der Waals surface area contributed by atoms with Crippen LogP contribution < -0.4 is 5.32 Å². The lowest BCUT2D eigenvalue weighted by Gasteiger charge is -2.18. The van der Waals surface area contributed by atoms with Gasteiger partial charge in [-0.1, -0.05) is 0 Å². The van der Waals surface area contributed by atoms with Gasteiger partial charge in [0.1, 0.15) is 0 Å². The second-order valence-corrected chi connectivity index (χ2v) is 4.42. The molecule has 0 saturated heterocycles. The van der Waals surface area contributed by atoms with Crippen LogP contribution in [-0.2, 0) is 4.79 Å². The van der Waals surface area contributed by atoms with Crippen LogP contribution >= 0.6 is 11.3 Å². The highest BCUT2D eigenvalue weighted by atomic mass is 32.1. The molecule has 7 heteroatoms. The normalized spacial score (nSPS) is 10.8. The number of aryl methyl sites for hydroxylation is 1. The molecule has 1 heterocycles. The van der Waals surface area contributed by atoms with Crippen molar-refractivity contribution < 1.29 is 15.0 Å². The van der Waals surface area contributed by atoms with Crippen LogP contribution in [0.3, 0.4) is 0 Å². The maximum Gasteiger partial charge on any atom is 0.240 e. The van der Waals surface area contributed by atoms with Crippen molar-refractivity contribution in [1.29, 1.82) is 0 Å². The van der Waals surface area contributed by atoms with Gasteiger partial charge < -0.3 is 15.5 Å². The molecule has 0 bridgehead atoms. The van der Waals surface area contributed by atoms with E-state index in [1.807, 2.05) is 12.3 Å². The molecule has 0 spiro atoms. The van der Waals surface area contributed by atoms with Gasteiger partial charge in [-0.3, -0.25) is 9.69 Å². The van der Waals surface area contributed by atoms with Crippen molar-refractivity contribution in [2.75, 3.05) is 38.2 Å². The molecule has 1 rings (SSSR count). The van der Waals surface area contributed by atoms with Crippen molar-refractivity contribution in [3.8, 4) is 0 Å². The average Bonchev–Trinajstić information content (AvgIpc) is 2.64. The zero-order chi connectivity index (χ0) is 12.7. The third-order valence-corrected chi connectivity index (χ3v) is 2.94.